The predicted molar refractivity (Wildman–Crippen MR) is 82.1 cm³/mol. The van der Waals surface area contributed by atoms with Gasteiger partial charge in [0.15, 0.2) is 0 Å². The zero-order valence-electron chi connectivity index (χ0n) is 12.0. The second kappa shape index (κ2) is 6.95. The number of rotatable bonds is 5. The molecule has 1 saturated heterocycles. The van der Waals surface area contributed by atoms with Crippen molar-refractivity contribution in [2.24, 2.45) is 11.7 Å². The maximum absolute atomic E-state index is 11.6. The van der Waals surface area contributed by atoms with E-state index in [1.54, 1.807) is 11.8 Å². The lowest BCUT2D eigenvalue weighted by Gasteiger charge is -2.34. The van der Waals surface area contributed by atoms with Crippen LogP contribution in [0.15, 0.2) is 29.2 Å². The standard InChI is InChI=1S/C15H20N2O3S/c1-21-12-4-2-10(3-5-12)13(15(19)20)17-8-6-11(7-9-17)14(16)18/h2-5,11,13H,6-9H2,1H3,(H2,16,18)(H,19,20)/t13-/m0/s1. The lowest BCUT2D eigenvalue weighted by atomic mass is 9.94. The van der Waals surface area contributed by atoms with Crippen molar-refractivity contribution in [1.29, 1.82) is 0 Å². The van der Waals surface area contributed by atoms with E-state index in [1.165, 1.54) is 0 Å². The molecule has 0 radical (unpaired) electrons. The Bertz CT molecular complexity index is 510. The molecule has 1 atom stereocenters. The van der Waals surface area contributed by atoms with Crippen molar-refractivity contribution >= 4 is 23.6 Å². The fourth-order valence-electron chi connectivity index (χ4n) is 2.74. The van der Waals surface area contributed by atoms with Gasteiger partial charge in [0.1, 0.15) is 6.04 Å². The average molecular weight is 308 g/mol. The molecular formula is C15H20N2O3S. The van der Waals surface area contributed by atoms with E-state index in [0.29, 0.717) is 25.9 Å². The summed E-state index contributed by atoms with van der Waals surface area (Å²) in [5, 5.41) is 9.54. The summed E-state index contributed by atoms with van der Waals surface area (Å²) >= 11 is 1.62. The Morgan fingerprint density at radius 3 is 2.29 bits per heavy atom. The Hall–Kier alpha value is -1.53. The molecule has 0 saturated carbocycles. The Balaban J connectivity index is 2.12. The third kappa shape index (κ3) is 3.77. The average Bonchev–Trinajstić information content (AvgIpc) is 2.48. The molecule has 0 spiro atoms. The third-order valence-corrected chi connectivity index (χ3v) is 4.71. The number of thioether (sulfide) groups is 1. The lowest BCUT2D eigenvalue weighted by Crippen LogP contribution is -2.42. The molecule has 1 aromatic rings. The minimum atomic E-state index is -0.857. The quantitative estimate of drug-likeness (QED) is 0.809. The number of carbonyl (C=O) groups excluding carboxylic acids is 1. The number of primary amides is 1. The molecule has 5 nitrogen and oxygen atoms in total. The second-order valence-electron chi connectivity index (χ2n) is 5.23. The Morgan fingerprint density at radius 2 is 1.86 bits per heavy atom. The molecule has 2 rings (SSSR count). The van der Waals surface area contributed by atoms with Gasteiger partial charge in [-0.2, -0.15) is 0 Å². The molecule has 1 heterocycles. The van der Waals surface area contributed by atoms with Gasteiger partial charge in [0, 0.05) is 23.9 Å². The first-order chi connectivity index (χ1) is 10.0. The molecule has 1 fully saturated rings. The van der Waals surface area contributed by atoms with Gasteiger partial charge in [-0.1, -0.05) is 12.1 Å². The third-order valence-electron chi connectivity index (χ3n) is 3.96. The van der Waals surface area contributed by atoms with Gasteiger partial charge < -0.3 is 10.8 Å². The number of carboxylic acids is 1. The summed E-state index contributed by atoms with van der Waals surface area (Å²) in [6, 6.07) is 6.95. The summed E-state index contributed by atoms with van der Waals surface area (Å²) in [7, 11) is 0. The fraction of sp³-hybridized carbons (Fsp3) is 0.467. The van der Waals surface area contributed by atoms with Gasteiger partial charge in [-0.15, -0.1) is 11.8 Å². The first kappa shape index (κ1) is 15.9. The highest BCUT2D eigenvalue weighted by atomic mass is 32.2. The highest BCUT2D eigenvalue weighted by molar-refractivity contribution is 7.98. The van der Waals surface area contributed by atoms with Crippen molar-refractivity contribution in [2.75, 3.05) is 19.3 Å². The van der Waals surface area contributed by atoms with Gasteiger partial charge in [-0.25, -0.2) is 0 Å². The number of hydrogen-bond donors (Lipinski definition) is 2. The number of aliphatic carboxylic acids is 1. The molecule has 0 unspecified atom stereocenters. The van der Waals surface area contributed by atoms with Crippen molar-refractivity contribution in [1.82, 2.24) is 4.90 Å². The Labute approximate surface area is 128 Å². The van der Waals surface area contributed by atoms with Crippen molar-refractivity contribution in [3.05, 3.63) is 29.8 Å². The molecule has 0 bridgehead atoms. The SMILES string of the molecule is CSc1ccc([C@@H](C(=O)O)N2CCC(C(N)=O)CC2)cc1. The molecule has 1 amide bonds. The molecular weight excluding hydrogens is 288 g/mol. The summed E-state index contributed by atoms with van der Waals surface area (Å²) in [5.41, 5.74) is 6.09. The van der Waals surface area contributed by atoms with E-state index >= 15 is 0 Å². The molecule has 0 aromatic heterocycles. The van der Waals surface area contributed by atoms with Crippen LogP contribution in [0.5, 0.6) is 0 Å². The number of amides is 1. The number of benzene rings is 1. The minimum Gasteiger partial charge on any atom is -0.480 e. The van der Waals surface area contributed by atoms with Gasteiger partial charge in [0.05, 0.1) is 0 Å². The number of nitrogens with zero attached hydrogens (tertiary/aromatic N) is 1. The number of carboxylic acid groups (broad SMARTS) is 1. The van der Waals surface area contributed by atoms with E-state index in [1.807, 2.05) is 35.4 Å². The normalized spacial score (nSPS) is 18.3. The van der Waals surface area contributed by atoms with E-state index in [2.05, 4.69) is 0 Å². The van der Waals surface area contributed by atoms with Crippen LogP contribution in [-0.2, 0) is 9.59 Å². The first-order valence-electron chi connectivity index (χ1n) is 6.93. The van der Waals surface area contributed by atoms with Crippen LogP contribution in [0.1, 0.15) is 24.4 Å². The number of nitrogens with two attached hydrogens (primary N) is 1. The van der Waals surface area contributed by atoms with E-state index in [0.717, 1.165) is 10.5 Å². The smallest absolute Gasteiger partial charge is 0.325 e. The summed E-state index contributed by atoms with van der Waals surface area (Å²) < 4.78 is 0. The van der Waals surface area contributed by atoms with Gasteiger partial charge in [-0.05, 0) is 36.8 Å². The van der Waals surface area contributed by atoms with Crippen LogP contribution in [0, 0.1) is 5.92 Å². The molecule has 3 N–H and O–H groups in total. The summed E-state index contributed by atoms with van der Waals surface area (Å²) in [4.78, 5) is 25.8. The monoisotopic (exact) mass is 308 g/mol. The number of hydrogen-bond acceptors (Lipinski definition) is 4. The van der Waals surface area contributed by atoms with Crippen LogP contribution in [0.25, 0.3) is 0 Å². The van der Waals surface area contributed by atoms with Crippen molar-refractivity contribution in [3.8, 4) is 0 Å². The maximum atomic E-state index is 11.6. The maximum Gasteiger partial charge on any atom is 0.325 e. The van der Waals surface area contributed by atoms with E-state index in [4.69, 9.17) is 5.73 Å². The van der Waals surface area contributed by atoms with Crippen LogP contribution in [0.2, 0.25) is 0 Å². The van der Waals surface area contributed by atoms with Gasteiger partial charge in [0.25, 0.3) is 0 Å². The number of carbonyl (C=O) groups is 2. The highest BCUT2D eigenvalue weighted by Crippen LogP contribution is 2.28. The van der Waals surface area contributed by atoms with Crippen LogP contribution >= 0.6 is 11.8 Å². The Morgan fingerprint density at radius 1 is 1.29 bits per heavy atom. The Kier molecular flexibility index (Phi) is 5.25. The number of piperidine rings is 1. The van der Waals surface area contributed by atoms with Gasteiger partial charge >= 0.3 is 5.97 Å². The summed E-state index contributed by atoms with van der Waals surface area (Å²) in [6.45, 7) is 1.16. The molecule has 1 aliphatic heterocycles. The lowest BCUT2D eigenvalue weighted by molar-refractivity contribution is -0.144. The zero-order chi connectivity index (χ0) is 15.4. The molecule has 21 heavy (non-hydrogen) atoms. The predicted octanol–water partition coefficient (Wildman–Crippen LogP) is 1.73. The van der Waals surface area contributed by atoms with Crippen molar-refractivity contribution < 1.29 is 14.7 Å². The van der Waals surface area contributed by atoms with Crippen molar-refractivity contribution in [2.45, 2.75) is 23.8 Å². The fourth-order valence-corrected chi connectivity index (χ4v) is 3.15. The van der Waals surface area contributed by atoms with Crippen LogP contribution in [0.4, 0.5) is 0 Å². The summed E-state index contributed by atoms with van der Waals surface area (Å²) in [6.07, 6.45) is 3.24. The van der Waals surface area contributed by atoms with Crippen LogP contribution < -0.4 is 5.73 Å². The molecule has 114 valence electrons. The molecule has 1 aliphatic rings. The van der Waals surface area contributed by atoms with Crippen molar-refractivity contribution in [3.63, 3.8) is 0 Å². The summed E-state index contributed by atoms with van der Waals surface area (Å²) in [5.74, 6) is -1.27. The van der Waals surface area contributed by atoms with Crippen LogP contribution in [-0.4, -0.2) is 41.2 Å². The van der Waals surface area contributed by atoms with E-state index < -0.39 is 12.0 Å². The number of likely N-dealkylation sites (tertiary alicyclic amines) is 1. The van der Waals surface area contributed by atoms with Gasteiger partial charge in [0.2, 0.25) is 5.91 Å². The largest absolute Gasteiger partial charge is 0.480 e. The zero-order valence-corrected chi connectivity index (χ0v) is 12.8. The van der Waals surface area contributed by atoms with E-state index in [-0.39, 0.29) is 11.8 Å². The van der Waals surface area contributed by atoms with Crippen LogP contribution in [0.3, 0.4) is 0 Å². The second-order valence-corrected chi connectivity index (χ2v) is 6.11. The molecule has 1 aromatic carbocycles. The van der Waals surface area contributed by atoms with Gasteiger partial charge in [-0.3, -0.25) is 14.5 Å². The first-order valence-corrected chi connectivity index (χ1v) is 8.15. The highest BCUT2D eigenvalue weighted by Gasteiger charge is 2.32. The topological polar surface area (TPSA) is 83.6 Å². The minimum absolute atomic E-state index is 0.130. The molecule has 6 heteroatoms. The molecule has 0 aliphatic carbocycles. The van der Waals surface area contributed by atoms with E-state index in [9.17, 15) is 14.7 Å².